The summed E-state index contributed by atoms with van der Waals surface area (Å²) in [6.45, 7) is 3.87. The predicted octanol–water partition coefficient (Wildman–Crippen LogP) is 3.26. The van der Waals surface area contributed by atoms with E-state index in [0.29, 0.717) is 17.7 Å². The van der Waals surface area contributed by atoms with Crippen molar-refractivity contribution in [1.29, 1.82) is 0 Å². The van der Waals surface area contributed by atoms with Gasteiger partial charge in [0.15, 0.2) is 0 Å². The van der Waals surface area contributed by atoms with Crippen molar-refractivity contribution in [3.8, 4) is 16.9 Å². The first-order chi connectivity index (χ1) is 11.9. The standard InChI is InChI=1S/C19H23NO4S/c1-3-11-25(22,23)20-13-15(2)24-19-9-7-17(8-10-19)18-6-4-5-16(12-18)14-21/h4-10,12,14-15,20H,3,11,13H2,1-2H3. The lowest BCUT2D eigenvalue weighted by Gasteiger charge is -2.16. The summed E-state index contributed by atoms with van der Waals surface area (Å²) >= 11 is 0. The van der Waals surface area contributed by atoms with Gasteiger partial charge >= 0.3 is 0 Å². The van der Waals surface area contributed by atoms with Gasteiger partial charge in [0.1, 0.15) is 18.1 Å². The summed E-state index contributed by atoms with van der Waals surface area (Å²) in [5, 5.41) is 0. The molecule has 0 fully saturated rings. The Morgan fingerprint density at radius 2 is 1.84 bits per heavy atom. The van der Waals surface area contributed by atoms with Crippen LogP contribution in [0.4, 0.5) is 0 Å². The monoisotopic (exact) mass is 361 g/mol. The molecule has 0 bridgehead atoms. The molecule has 25 heavy (non-hydrogen) atoms. The summed E-state index contributed by atoms with van der Waals surface area (Å²) in [5.74, 6) is 0.784. The zero-order chi connectivity index (χ0) is 18.3. The van der Waals surface area contributed by atoms with Crippen LogP contribution in [0.2, 0.25) is 0 Å². The Kier molecular flexibility index (Phi) is 6.73. The minimum absolute atomic E-state index is 0.119. The van der Waals surface area contributed by atoms with Crippen molar-refractivity contribution in [2.75, 3.05) is 12.3 Å². The van der Waals surface area contributed by atoms with Crippen LogP contribution in [0.15, 0.2) is 48.5 Å². The lowest BCUT2D eigenvalue weighted by Crippen LogP contribution is -2.34. The predicted molar refractivity (Wildman–Crippen MR) is 99.4 cm³/mol. The van der Waals surface area contributed by atoms with Gasteiger partial charge in [0.25, 0.3) is 0 Å². The van der Waals surface area contributed by atoms with Crippen molar-refractivity contribution < 1.29 is 17.9 Å². The highest BCUT2D eigenvalue weighted by atomic mass is 32.2. The first kappa shape index (κ1) is 19.1. The van der Waals surface area contributed by atoms with Crippen LogP contribution in [-0.2, 0) is 10.0 Å². The molecule has 0 aliphatic carbocycles. The fourth-order valence-electron chi connectivity index (χ4n) is 2.38. The number of rotatable bonds is 9. The molecule has 0 saturated carbocycles. The molecule has 1 unspecified atom stereocenters. The molecule has 0 heterocycles. The number of aldehydes is 1. The quantitative estimate of drug-likeness (QED) is 0.696. The van der Waals surface area contributed by atoms with E-state index < -0.39 is 10.0 Å². The first-order valence-electron chi connectivity index (χ1n) is 8.23. The fraction of sp³-hybridized carbons (Fsp3) is 0.316. The maximum Gasteiger partial charge on any atom is 0.211 e. The highest BCUT2D eigenvalue weighted by Gasteiger charge is 2.12. The number of benzene rings is 2. The van der Waals surface area contributed by atoms with Crippen molar-refractivity contribution in [2.45, 2.75) is 26.4 Å². The van der Waals surface area contributed by atoms with Crippen LogP contribution in [0.3, 0.4) is 0 Å². The minimum Gasteiger partial charge on any atom is -0.489 e. The van der Waals surface area contributed by atoms with Gasteiger partial charge in [0, 0.05) is 12.1 Å². The Morgan fingerprint density at radius 1 is 1.12 bits per heavy atom. The largest absolute Gasteiger partial charge is 0.489 e. The van der Waals surface area contributed by atoms with Gasteiger partial charge in [-0.25, -0.2) is 13.1 Å². The molecule has 1 atom stereocenters. The van der Waals surface area contributed by atoms with Crippen LogP contribution in [0, 0.1) is 0 Å². The van der Waals surface area contributed by atoms with Crippen molar-refractivity contribution >= 4 is 16.3 Å². The van der Waals surface area contributed by atoms with E-state index in [-0.39, 0.29) is 18.4 Å². The SMILES string of the molecule is CCCS(=O)(=O)NCC(C)Oc1ccc(-c2cccc(C=O)c2)cc1. The molecule has 0 aliphatic heterocycles. The number of carbonyl (C=O) groups excluding carboxylic acids is 1. The van der Waals surface area contributed by atoms with E-state index in [1.807, 2.05) is 56.3 Å². The van der Waals surface area contributed by atoms with Crippen LogP contribution in [-0.4, -0.2) is 33.1 Å². The van der Waals surface area contributed by atoms with Crippen molar-refractivity contribution in [2.24, 2.45) is 0 Å². The lowest BCUT2D eigenvalue weighted by atomic mass is 10.0. The number of sulfonamides is 1. The minimum atomic E-state index is -3.23. The van der Waals surface area contributed by atoms with E-state index in [2.05, 4.69) is 4.72 Å². The zero-order valence-corrected chi connectivity index (χ0v) is 15.3. The Bertz CT molecular complexity index is 800. The van der Waals surface area contributed by atoms with Crippen LogP contribution in [0.5, 0.6) is 5.75 Å². The van der Waals surface area contributed by atoms with Crippen LogP contribution >= 0.6 is 0 Å². The lowest BCUT2D eigenvalue weighted by molar-refractivity contribution is 0.112. The Balaban J connectivity index is 1.96. The summed E-state index contributed by atoms with van der Waals surface area (Å²) in [6, 6.07) is 14.9. The molecule has 0 aromatic heterocycles. The number of ether oxygens (including phenoxy) is 1. The van der Waals surface area contributed by atoms with Gasteiger partial charge in [-0.2, -0.15) is 0 Å². The highest BCUT2D eigenvalue weighted by Crippen LogP contribution is 2.23. The third-order valence-corrected chi connectivity index (χ3v) is 5.16. The second-order valence-electron chi connectivity index (χ2n) is 5.86. The number of nitrogens with one attached hydrogen (secondary N) is 1. The van der Waals surface area contributed by atoms with E-state index in [1.165, 1.54) is 0 Å². The molecular weight excluding hydrogens is 338 g/mol. The van der Waals surface area contributed by atoms with Crippen molar-refractivity contribution in [1.82, 2.24) is 4.72 Å². The number of hydrogen-bond donors (Lipinski definition) is 1. The van der Waals surface area contributed by atoms with Gasteiger partial charge in [-0.05, 0) is 42.7 Å². The van der Waals surface area contributed by atoms with E-state index in [4.69, 9.17) is 4.74 Å². The Morgan fingerprint density at radius 3 is 2.48 bits per heavy atom. The Hall–Kier alpha value is -2.18. The highest BCUT2D eigenvalue weighted by molar-refractivity contribution is 7.89. The summed E-state index contributed by atoms with van der Waals surface area (Å²) < 4.78 is 31.6. The molecule has 0 amide bonds. The van der Waals surface area contributed by atoms with E-state index in [0.717, 1.165) is 17.4 Å². The molecule has 5 nitrogen and oxygen atoms in total. The summed E-state index contributed by atoms with van der Waals surface area (Å²) in [5.41, 5.74) is 2.56. The van der Waals surface area contributed by atoms with E-state index in [9.17, 15) is 13.2 Å². The second-order valence-corrected chi connectivity index (χ2v) is 7.79. The number of hydrogen-bond acceptors (Lipinski definition) is 4. The maximum absolute atomic E-state index is 11.6. The van der Waals surface area contributed by atoms with Gasteiger partial charge in [0.05, 0.1) is 5.75 Å². The summed E-state index contributed by atoms with van der Waals surface area (Å²) in [6.07, 6.45) is 1.12. The molecule has 0 saturated heterocycles. The third kappa shape index (κ3) is 5.99. The summed E-state index contributed by atoms with van der Waals surface area (Å²) in [4.78, 5) is 10.9. The molecule has 2 aromatic carbocycles. The van der Waals surface area contributed by atoms with Gasteiger partial charge in [-0.15, -0.1) is 0 Å². The molecule has 6 heteroatoms. The molecule has 134 valence electrons. The van der Waals surface area contributed by atoms with Crippen LogP contribution in [0.1, 0.15) is 30.6 Å². The molecular formula is C19H23NO4S. The fourth-order valence-corrected chi connectivity index (χ4v) is 3.55. The molecule has 0 aliphatic rings. The molecule has 2 rings (SSSR count). The normalized spacial score (nSPS) is 12.6. The second kappa shape index (κ2) is 8.78. The van der Waals surface area contributed by atoms with E-state index in [1.54, 1.807) is 6.07 Å². The van der Waals surface area contributed by atoms with Crippen LogP contribution < -0.4 is 9.46 Å². The smallest absolute Gasteiger partial charge is 0.211 e. The van der Waals surface area contributed by atoms with Crippen LogP contribution in [0.25, 0.3) is 11.1 Å². The molecule has 0 radical (unpaired) electrons. The zero-order valence-electron chi connectivity index (χ0n) is 14.4. The third-order valence-electron chi connectivity index (χ3n) is 3.61. The topological polar surface area (TPSA) is 72.5 Å². The van der Waals surface area contributed by atoms with Gasteiger partial charge < -0.3 is 4.74 Å². The Labute approximate surface area is 149 Å². The average Bonchev–Trinajstić information content (AvgIpc) is 2.61. The summed E-state index contributed by atoms with van der Waals surface area (Å²) in [7, 11) is -3.23. The van der Waals surface area contributed by atoms with Crippen molar-refractivity contribution in [3.05, 3.63) is 54.1 Å². The number of carbonyl (C=O) groups is 1. The van der Waals surface area contributed by atoms with Gasteiger partial charge in [0.2, 0.25) is 10.0 Å². The average molecular weight is 361 g/mol. The first-order valence-corrected chi connectivity index (χ1v) is 9.88. The molecule has 1 N–H and O–H groups in total. The maximum atomic E-state index is 11.6. The molecule has 2 aromatic rings. The van der Waals surface area contributed by atoms with Gasteiger partial charge in [-0.3, -0.25) is 4.79 Å². The van der Waals surface area contributed by atoms with E-state index >= 15 is 0 Å². The van der Waals surface area contributed by atoms with Gasteiger partial charge in [-0.1, -0.05) is 37.3 Å². The molecule has 0 spiro atoms. The van der Waals surface area contributed by atoms with Crippen molar-refractivity contribution in [3.63, 3.8) is 0 Å².